The molecule has 0 atom stereocenters. The highest BCUT2D eigenvalue weighted by molar-refractivity contribution is 7.13. The maximum atomic E-state index is 12.6. The SMILES string of the molecule is Cc1nc(C)c(C(=O)N2CCN(Cc3c(C)noc3C)CC2)s1. The number of aryl methyl sites for hydroxylation is 4. The van der Waals surface area contributed by atoms with Gasteiger partial charge in [-0.05, 0) is 27.7 Å². The summed E-state index contributed by atoms with van der Waals surface area (Å²) < 4.78 is 5.22. The number of thiazole rings is 1. The third-order valence-corrected chi connectivity index (χ3v) is 5.38. The van der Waals surface area contributed by atoms with E-state index in [2.05, 4.69) is 15.0 Å². The first-order valence-corrected chi connectivity index (χ1v) is 8.64. The normalized spacial score (nSPS) is 16.1. The zero-order valence-electron chi connectivity index (χ0n) is 14.0. The Hall–Kier alpha value is -1.73. The summed E-state index contributed by atoms with van der Waals surface area (Å²) in [5, 5.41) is 4.95. The van der Waals surface area contributed by atoms with Gasteiger partial charge in [-0.3, -0.25) is 9.69 Å². The molecule has 1 aliphatic heterocycles. The highest BCUT2D eigenvalue weighted by atomic mass is 32.1. The van der Waals surface area contributed by atoms with E-state index >= 15 is 0 Å². The standard InChI is InChI=1S/C16H22N4O2S/c1-10-14(12(3)22-18-10)9-19-5-7-20(8-6-19)16(21)15-11(2)17-13(4)23-15/h5-9H2,1-4H3. The van der Waals surface area contributed by atoms with Crippen molar-refractivity contribution in [2.24, 2.45) is 0 Å². The van der Waals surface area contributed by atoms with Gasteiger partial charge in [-0.25, -0.2) is 4.98 Å². The van der Waals surface area contributed by atoms with Gasteiger partial charge in [0.25, 0.3) is 5.91 Å². The van der Waals surface area contributed by atoms with Crippen LogP contribution in [0.25, 0.3) is 0 Å². The Kier molecular flexibility index (Phi) is 4.50. The Morgan fingerprint density at radius 1 is 1.13 bits per heavy atom. The van der Waals surface area contributed by atoms with Crippen molar-refractivity contribution in [3.8, 4) is 0 Å². The van der Waals surface area contributed by atoms with Crippen molar-refractivity contribution >= 4 is 17.2 Å². The van der Waals surface area contributed by atoms with Crippen LogP contribution in [0.15, 0.2) is 4.52 Å². The second kappa shape index (κ2) is 6.41. The molecule has 23 heavy (non-hydrogen) atoms. The van der Waals surface area contributed by atoms with Gasteiger partial charge in [0.05, 0.1) is 16.4 Å². The zero-order valence-corrected chi connectivity index (χ0v) is 14.9. The molecule has 0 aromatic carbocycles. The summed E-state index contributed by atoms with van der Waals surface area (Å²) in [6, 6.07) is 0. The lowest BCUT2D eigenvalue weighted by atomic mass is 10.1. The van der Waals surface area contributed by atoms with Gasteiger partial charge in [-0.2, -0.15) is 0 Å². The molecule has 2 aromatic heterocycles. The Morgan fingerprint density at radius 2 is 1.83 bits per heavy atom. The molecule has 0 bridgehead atoms. The highest BCUT2D eigenvalue weighted by Crippen LogP contribution is 2.21. The van der Waals surface area contributed by atoms with Crippen LogP contribution in [0.5, 0.6) is 0 Å². The van der Waals surface area contributed by atoms with Gasteiger partial charge in [0.1, 0.15) is 10.6 Å². The van der Waals surface area contributed by atoms with E-state index < -0.39 is 0 Å². The molecule has 6 nitrogen and oxygen atoms in total. The minimum Gasteiger partial charge on any atom is -0.361 e. The number of aromatic nitrogens is 2. The Bertz CT molecular complexity index is 694. The predicted molar refractivity (Wildman–Crippen MR) is 88.7 cm³/mol. The fourth-order valence-electron chi connectivity index (χ4n) is 2.93. The molecule has 0 radical (unpaired) electrons. The molecule has 0 unspecified atom stereocenters. The number of hydrogen-bond donors (Lipinski definition) is 0. The summed E-state index contributed by atoms with van der Waals surface area (Å²) in [7, 11) is 0. The molecule has 2 aromatic rings. The number of piperazine rings is 1. The van der Waals surface area contributed by atoms with Crippen LogP contribution in [-0.4, -0.2) is 52.0 Å². The van der Waals surface area contributed by atoms with Crippen molar-refractivity contribution in [2.75, 3.05) is 26.2 Å². The zero-order chi connectivity index (χ0) is 16.6. The third kappa shape index (κ3) is 3.30. The minimum atomic E-state index is 0.116. The number of amides is 1. The third-order valence-electron chi connectivity index (χ3n) is 4.32. The van der Waals surface area contributed by atoms with Crippen LogP contribution < -0.4 is 0 Å². The first kappa shape index (κ1) is 16.1. The number of rotatable bonds is 3. The average Bonchev–Trinajstić information content (AvgIpc) is 3.03. The topological polar surface area (TPSA) is 62.5 Å². The Morgan fingerprint density at radius 3 is 2.35 bits per heavy atom. The number of hydrogen-bond acceptors (Lipinski definition) is 6. The molecular weight excluding hydrogens is 312 g/mol. The molecule has 0 spiro atoms. The maximum Gasteiger partial charge on any atom is 0.265 e. The molecule has 3 rings (SSSR count). The van der Waals surface area contributed by atoms with E-state index in [-0.39, 0.29) is 5.91 Å². The summed E-state index contributed by atoms with van der Waals surface area (Å²) in [5.41, 5.74) is 2.96. The van der Waals surface area contributed by atoms with Gasteiger partial charge in [-0.15, -0.1) is 11.3 Å². The summed E-state index contributed by atoms with van der Waals surface area (Å²) in [6.45, 7) is 11.8. The van der Waals surface area contributed by atoms with Crippen molar-refractivity contribution in [2.45, 2.75) is 34.2 Å². The first-order valence-electron chi connectivity index (χ1n) is 7.83. The molecule has 0 aliphatic carbocycles. The quantitative estimate of drug-likeness (QED) is 0.862. The lowest BCUT2D eigenvalue weighted by Crippen LogP contribution is -2.48. The molecule has 1 saturated heterocycles. The monoisotopic (exact) mass is 334 g/mol. The van der Waals surface area contributed by atoms with E-state index in [1.165, 1.54) is 16.9 Å². The number of nitrogens with zero attached hydrogens (tertiary/aromatic N) is 4. The molecule has 1 aliphatic rings. The second-order valence-electron chi connectivity index (χ2n) is 6.02. The molecule has 7 heteroatoms. The van der Waals surface area contributed by atoms with Crippen LogP contribution >= 0.6 is 11.3 Å². The molecule has 124 valence electrons. The molecule has 0 N–H and O–H groups in total. The second-order valence-corrected chi connectivity index (χ2v) is 7.22. The fourth-order valence-corrected chi connectivity index (χ4v) is 3.82. The summed E-state index contributed by atoms with van der Waals surface area (Å²) in [6.07, 6.45) is 0. The molecule has 3 heterocycles. The molecule has 0 saturated carbocycles. The Balaban J connectivity index is 1.60. The number of carbonyl (C=O) groups excluding carboxylic acids is 1. The molecule has 1 fully saturated rings. The molecular formula is C16H22N4O2S. The van der Waals surface area contributed by atoms with Crippen LogP contribution in [0.1, 0.15) is 37.4 Å². The smallest absolute Gasteiger partial charge is 0.265 e. The summed E-state index contributed by atoms with van der Waals surface area (Å²) in [5.74, 6) is 1.00. The van der Waals surface area contributed by atoms with Gasteiger partial charge < -0.3 is 9.42 Å². The van der Waals surface area contributed by atoms with Gasteiger partial charge in [-0.1, -0.05) is 5.16 Å². The van der Waals surface area contributed by atoms with Crippen molar-refractivity contribution < 1.29 is 9.32 Å². The van der Waals surface area contributed by atoms with Crippen molar-refractivity contribution in [1.29, 1.82) is 0 Å². The van der Waals surface area contributed by atoms with E-state index in [0.29, 0.717) is 0 Å². The average molecular weight is 334 g/mol. The minimum absolute atomic E-state index is 0.116. The van der Waals surface area contributed by atoms with Gasteiger partial charge >= 0.3 is 0 Å². The predicted octanol–water partition coefficient (Wildman–Crippen LogP) is 2.32. The van der Waals surface area contributed by atoms with Gasteiger partial charge in [0, 0.05) is 38.3 Å². The maximum absolute atomic E-state index is 12.6. The van der Waals surface area contributed by atoms with Gasteiger partial charge in [0.15, 0.2) is 0 Å². The lowest BCUT2D eigenvalue weighted by molar-refractivity contribution is 0.0631. The fraction of sp³-hybridized carbons (Fsp3) is 0.562. The highest BCUT2D eigenvalue weighted by Gasteiger charge is 2.25. The largest absolute Gasteiger partial charge is 0.361 e. The van der Waals surface area contributed by atoms with E-state index in [9.17, 15) is 4.79 Å². The van der Waals surface area contributed by atoms with E-state index in [1.54, 1.807) is 0 Å². The Labute approximate surface area is 140 Å². The van der Waals surface area contributed by atoms with Crippen LogP contribution in [-0.2, 0) is 6.54 Å². The van der Waals surface area contributed by atoms with E-state index in [4.69, 9.17) is 4.52 Å². The van der Waals surface area contributed by atoms with Crippen molar-refractivity contribution in [3.05, 3.63) is 32.6 Å². The first-order chi connectivity index (χ1) is 11.0. The number of carbonyl (C=O) groups is 1. The van der Waals surface area contributed by atoms with Crippen LogP contribution in [0.3, 0.4) is 0 Å². The van der Waals surface area contributed by atoms with Crippen LogP contribution in [0.4, 0.5) is 0 Å². The van der Waals surface area contributed by atoms with Crippen molar-refractivity contribution in [3.63, 3.8) is 0 Å². The molecule has 1 amide bonds. The van der Waals surface area contributed by atoms with E-state index in [1.807, 2.05) is 32.6 Å². The van der Waals surface area contributed by atoms with Gasteiger partial charge in [0.2, 0.25) is 0 Å². The van der Waals surface area contributed by atoms with Crippen LogP contribution in [0, 0.1) is 27.7 Å². The summed E-state index contributed by atoms with van der Waals surface area (Å²) in [4.78, 5) is 22.0. The van der Waals surface area contributed by atoms with Crippen molar-refractivity contribution in [1.82, 2.24) is 19.9 Å². The van der Waals surface area contributed by atoms with Crippen LogP contribution in [0.2, 0.25) is 0 Å². The summed E-state index contributed by atoms with van der Waals surface area (Å²) >= 11 is 1.49. The lowest BCUT2D eigenvalue weighted by Gasteiger charge is -2.34. The van der Waals surface area contributed by atoms with E-state index in [0.717, 1.165) is 59.8 Å².